The summed E-state index contributed by atoms with van der Waals surface area (Å²) in [4.78, 5) is 19.3. The van der Waals surface area contributed by atoms with Crippen molar-refractivity contribution in [1.29, 1.82) is 0 Å². The summed E-state index contributed by atoms with van der Waals surface area (Å²) in [5.41, 5.74) is 2.65. The van der Waals surface area contributed by atoms with Gasteiger partial charge in [-0.3, -0.25) is 14.7 Å². The first-order valence-corrected chi connectivity index (χ1v) is 14.0. The van der Waals surface area contributed by atoms with E-state index in [9.17, 15) is 4.79 Å². The minimum absolute atomic E-state index is 0.0385. The van der Waals surface area contributed by atoms with Crippen LogP contribution < -0.4 is 4.74 Å². The minimum atomic E-state index is -0.0385. The molecule has 0 N–H and O–H groups in total. The molecule has 0 bridgehead atoms. The molecule has 2 aliphatic rings. The summed E-state index contributed by atoms with van der Waals surface area (Å²) < 4.78 is 11.6. The molecule has 1 aromatic heterocycles. The van der Waals surface area contributed by atoms with Gasteiger partial charge in [0.1, 0.15) is 5.75 Å². The number of benzene rings is 1. The highest BCUT2D eigenvalue weighted by Crippen LogP contribution is 2.44. The summed E-state index contributed by atoms with van der Waals surface area (Å²) in [5, 5.41) is 1.13. The van der Waals surface area contributed by atoms with Crippen molar-refractivity contribution in [3.8, 4) is 5.75 Å². The topological polar surface area (TPSA) is 51.7 Å². The molecule has 1 saturated carbocycles. The second kappa shape index (κ2) is 12.2. The van der Waals surface area contributed by atoms with Crippen LogP contribution >= 0.6 is 0 Å². The Morgan fingerprint density at radius 1 is 1.06 bits per heavy atom. The lowest BCUT2D eigenvalue weighted by Crippen LogP contribution is -2.36. The van der Waals surface area contributed by atoms with Crippen molar-refractivity contribution in [2.24, 2.45) is 11.3 Å². The second-order valence-electron chi connectivity index (χ2n) is 10.7. The molecule has 1 saturated heterocycles. The molecule has 192 valence electrons. The third-order valence-corrected chi connectivity index (χ3v) is 8.42. The van der Waals surface area contributed by atoms with Crippen LogP contribution in [0.4, 0.5) is 0 Å². The summed E-state index contributed by atoms with van der Waals surface area (Å²) in [6, 6.07) is 10.6. The number of esters is 1. The lowest BCUT2D eigenvalue weighted by Gasteiger charge is -2.40. The molecule has 2 fully saturated rings. The van der Waals surface area contributed by atoms with Gasteiger partial charge in [0.05, 0.1) is 29.8 Å². The van der Waals surface area contributed by atoms with Crippen LogP contribution in [0.25, 0.3) is 10.9 Å². The molecular weight excluding hydrogens is 436 g/mol. The number of hydrogen-bond acceptors (Lipinski definition) is 5. The highest BCUT2D eigenvalue weighted by atomic mass is 16.5. The summed E-state index contributed by atoms with van der Waals surface area (Å²) in [7, 11) is 0. The molecule has 0 atom stereocenters. The average Bonchev–Trinajstić information content (AvgIpc) is 2.89. The number of rotatable bonds is 10. The van der Waals surface area contributed by atoms with E-state index < -0.39 is 0 Å². The predicted molar refractivity (Wildman–Crippen MR) is 142 cm³/mol. The first kappa shape index (κ1) is 25.9. The van der Waals surface area contributed by atoms with Crippen LogP contribution in [-0.4, -0.2) is 41.7 Å². The maximum absolute atomic E-state index is 12.0. The van der Waals surface area contributed by atoms with Gasteiger partial charge in [0.2, 0.25) is 0 Å². The van der Waals surface area contributed by atoms with E-state index in [1.54, 1.807) is 0 Å². The number of carbonyl (C=O) groups excluding carboxylic acids is 1. The van der Waals surface area contributed by atoms with Crippen LogP contribution in [0.5, 0.6) is 5.75 Å². The molecule has 0 radical (unpaired) electrons. The van der Waals surface area contributed by atoms with Gasteiger partial charge in [-0.15, -0.1) is 0 Å². The Morgan fingerprint density at radius 2 is 1.83 bits per heavy atom. The summed E-state index contributed by atoms with van der Waals surface area (Å²) in [6.45, 7) is 9.65. The Labute approximate surface area is 211 Å². The van der Waals surface area contributed by atoms with Gasteiger partial charge >= 0.3 is 5.97 Å². The Bertz CT molecular complexity index is 959. The number of nitrogens with zero attached hydrogens (tertiary/aromatic N) is 2. The van der Waals surface area contributed by atoms with Gasteiger partial charge in [-0.2, -0.15) is 0 Å². The van der Waals surface area contributed by atoms with Crippen LogP contribution in [0.3, 0.4) is 0 Å². The van der Waals surface area contributed by atoms with Crippen LogP contribution in [0.1, 0.15) is 90.7 Å². The fraction of sp³-hybridized carbons (Fsp3) is 0.667. The molecule has 5 nitrogen and oxygen atoms in total. The number of aromatic nitrogens is 1. The molecule has 0 spiro atoms. The van der Waals surface area contributed by atoms with Crippen molar-refractivity contribution in [1.82, 2.24) is 9.88 Å². The number of carbonyl (C=O) groups is 1. The van der Waals surface area contributed by atoms with Crippen molar-refractivity contribution in [2.45, 2.75) is 97.6 Å². The molecule has 0 amide bonds. The molecule has 4 rings (SSSR count). The van der Waals surface area contributed by atoms with Crippen molar-refractivity contribution in [3.05, 3.63) is 36.0 Å². The van der Waals surface area contributed by atoms with E-state index in [0.29, 0.717) is 18.1 Å². The summed E-state index contributed by atoms with van der Waals surface area (Å²) in [5.74, 6) is 0.979. The number of pyridine rings is 1. The fourth-order valence-corrected chi connectivity index (χ4v) is 5.97. The number of ether oxygens (including phenoxy) is 2. The van der Waals surface area contributed by atoms with E-state index >= 15 is 0 Å². The fourth-order valence-electron chi connectivity index (χ4n) is 5.97. The maximum atomic E-state index is 12.0. The molecule has 35 heavy (non-hydrogen) atoms. The van der Waals surface area contributed by atoms with Gasteiger partial charge in [0.15, 0.2) is 0 Å². The van der Waals surface area contributed by atoms with Gasteiger partial charge in [-0.1, -0.05) is 39.2 Å². The Morgan fingerprint density at radius 3 is 2.51 bits per heavy atom. The van der Waals surface area contributed by atoms with E-state index in [4.69, 9.17) is 14.5 Å². The second-order valence-corrected chi connectivity index (χ2v) is 10.7. The van der Waals surface area contributed by atoms with Crippen LogP contribution in [0, 0.1) is 11.3 Å². The van der Waals surface area contributed by atoms with Gasteiger partial charge in [0.25, 0.3) is 0 Å². The molecule has 0 unspecified atom stereocenters. The Balaban J connectivity index is 1.30. The molecule has 1 aliphatic carbocycles. The zero-order valence-corrected chi connectivity index (χ0v) is 22.1. The third kappa shape index (κ3) is 6.75. The standard InChI is InChI=1S/C30H44N2O3/c1-4-7-16-30(5-2)17-12-26(13-18-30)35-27-10-11-28-24(21-27)8-9-25(31-28)22-32-19-14-23(15-20-32)29(33)34-6-3/h8-11,21,23,26H,4-7,12-20,22H2,1-3H3. The van der Waals surface area contributed by atoms with Crippen LogP contribution in [0.2, 0.25) is 0 Å². The van der Waals surface area contributed by atoms with Gasteiger partial charge in [-0.05, 0) is 94.6 Å². The van der Waals surface area contributed by atoms with E-state index in [2.05, 4.69) is 49.1 Å². The molecule has 2 heterocycles. The highest BCUT2D eigenvalue weighted by molar-refractivity contribution is 5.80. The lowest BCUT2D eigenvalue weighted by molar-refractivity contribution is -0.149. The van der Waals surface area contributed by atoms with Crippen molar-refractivity contribution in [3.63, 3.8) is 0 Å². The quantitative estimate of drug-likeness (QED) is 0.346. The molecule has 1 aliphatic heterocycles. The first-order valence-electron chi connectivity index (χ1n) is 14.0. The van der Waals surface area contributed by atoms with Crippen molar-refractivity contribution >= 4 is 16.9 Å². The number of piperidine rings is 1. The zero-order valence-electron chi connectivity index (χ0n) is 22.1. The number of unbranched alkanes of at least 4 members (excludes halogenated alkanes) is 1. The molecule has 1 aromatic carbocycles. The zero-order chi connectivity index (χ0) is 24.7. The summed E-state index contributed by atoms with van der Waals surface area (Å²) in [6.07, 6.45) is 12.3. The Kier molecular flexibility index (Phi) is 9.04. The maximum Gasteiger partial charge on any atom is 0.309 e. The smallest absolute Gasteiger partial charge is 0.309 e. The predicted octanol–water partition coefficient (Wildman–Crippen LogP) is 6.92. The van der Waals surface area contributed by atoms with Gasteiger partial charge < -0.3 is 9.47 Å². The van der Waals surface area contributed by atoms with Crippen LogP contribution in [0.15, 0.2) is 30.3 Å². The minimum Gasteiger partial charge on any atom is -0.490 e. The SMILES string of the molecule is CCCCC1(CC)CCC(Oc2ccc3nc(CN4CCC(C(=O)OCC)CC4)ccc3c2)CC1. The lowest BCUT2D eigenvalue weighted by atomic mass is 9.68. The highest BCUT2D eigenvalue weighted by Gasteiger charge is 2.34. The largest absolute Gasteiger partial charge is 0.490 e. The molecular formula is C30H44N2O3. The first-order chi connectivity index (χ1) is 17.0. The van der Waals surface area contributed by atoms with E-state index in [1.807, 2.05) is 6.92 Å². The van der Waals surface area contributed by atoms with E-state index in [0.717, 1.165) is 54.8 Å². The van der Waals surface area contributed by atoms with Crippen molar-refractivity contribution < 1.29 is 14.3 Å². The Hall–Kier alpha value is -2.14. The van der Waals surface area contributed by atoms with Crippen molar-refractivity contribution in [2.75, 3.05) is 19.7 Å². The van der Waals surface area contributed by atoms with E-state index in [1.165, 1.54) is 51.4 Å². The monoisotopic (exact) mass is 480 g/mol. The molecule has 2 aromatic rings. The number of hydrogen-bond donors (Lipinski definition) is 0. The molecule has 5 heteroatoms. The van der Waals surface area contributed by atoms with Gasteiger partial charge in [-0.25, -0.2) is 0 Å². The number of fused-ring (bicyclic) bond motifs is 1. The average molecular weight is 481 g/mol. The third-order valence-electron chi connectivity index (χ3n) is 8.42. The van der Waals surface area contributed by atoms with Crippen LogP contribution in [-0.2, 0) is 16.1 Å². The van der Waals surface area contributed by atoms with Gasteiger partial charge in [0, 0.05) is 11.9 Å². The van der Waals surface area contributed by atoms with E-state index in [-0.39, 0.29) is 11.9 Å². The normalized spacial score (nSPS) is 23.9. The summed E-state index contributed by atoms with van der Waals surface area (Å²) >= 11 is 0. The number of likely N-dealkylation sites (tertiary alicyclic amines) is 1.